The van der Waals surface area contributed by atoms with Crippen LogP contribution >= 0.6 is 22.9 Å². The second-order valence-electron chi connectivity index (χ2n) is 5.00. The third-order valence-corrected chi connectivity index (χ3v) is 4.71. The van der Waals surface area contributed by atoms with Gasteiger partial charge >= 0.3 is 0 Å². The molecular formula is C18H16ClNO2S. The van der Waals surface area contributed by atoms with Gasteiger partial charge < -0.3 is 9.84 Å². The van der Waals surface area contributed by atoms with Gasteiger partial charge in [0.25, 0.3) is 0 Å². The summed E-state index contributed by atoms with van der Waals surface area (Å²) in [7, 11) is 0. The molecule has 0 saturated heterocycles. The van der Waals surface area contributed by atoms with Gasteiger partial charge in [-0.1, -0.05) is 23.7 Å². The van der Waals surface area contributed by atoms with E-state index >= 15 is 0 Å². The van der Waals surface area contributed by atoms with Crippen molar-refractivity contribution in [1.29, 1.82) is 0 Å². The number of benzene rings is 2. The number of aromatic hydroxyl groups is 1. The van der Waals surface area contributed by atoms with Gasteiger partial charge in [-0.15, -0.1) is 11.3 Å². The van der Waals surface area contributed by atoms with Crippen molar-refractivity contribution in [3.05, 3.63) is 57.9 Å². The normalized spacial score (nSPS) is 11.4. The van der Waals surface area contributed by atoms with Gasteiger partial charge in [-0.05, 0) is 42.8 Å². The van der Waals surface area contributed by atoms with Crippen LogP contribution in [-0.4, -0.2) is 17.9 Å². The number of hydrogen-bond acceptors (Lipinski definition) is 4. The van der Waals surface area contributed by atoms with Crippen LogP contribution in [0.4, 0.5) is 0 Å². The highest BCUT2D eigenvalue weighted by Gasteiger charge is 2.10. The molecule has 0 fully saturated rings. The lowest BCUT2D eigenvalue weighted by Gasteiger charge is -2.01. The van der Waals surface area contributed by atoms with Gasteiger partial charge in [0.15, 0.2) is 0 Å². The molecule has 0 aliphatic heterocycles. The standard InChI is InChI=1S/C18H16ClNO2S/c1-2-22-14-7-8-16-15(9-14)18(21)17(23-16)11-20-10-12-3-5-13(19)6-4-12/h3-9,11,21H,2,10H2,1H3. The molecule has 0 bridgehead atoms. The van der Waals surface area contributed by atoms with Gasteiger partial charge in [-0.2, -0.15) is 0 Å². The molecule has 0 unspecified atom stereocenters. The van der Waals surface area contributed by atoms with E-state index < -0.39 is 0 Å². The number of hydrogen-bond donors (Lipinski definition) is 1. The van der Waals surface area contributed by atoms with Crippen LogP contribution < -0.4 is 4.74 Å². The first-order valence-corrected chi connectivity index (χ1v) is 8.49. The van der Waals surface area contributed by atoms with Crippen molar-refractivity contribution in [3.63, 3.8) is 0 Å². The molecule has 3 nitrogen and oxygen atoms in total. The first-order chi connectivity index (χ1) is 11.2. The highest BCUT2D eigenvalue weighted by atomic mass is 35.5. The first-order valence-electron chi connectivity index (χ1n) is 7.30. The first kappa shape index (κ1) is 15.8. The molecular weight excluding hydrogens is 330 g/mol. The van der Waals surface area contributed by atoms with E-state index in [1.807, 2.05) is 49.4 Å². The van der Waals surface area contributed by atoms with Gasteiger partial charge in [0.05, 0.1) is 18.0 Å². The summed E-state index contributed by atoms with van der Waals surface area (Å²) < 4.78 is 6.49. The Kier molecular flexibility index (Phi) is 4.84. The number of ether oxygens (including phenoxy) is 1. The average molecular weight is 346 g/mol. The topological polar surface area (TPSA) is 41.8 Å². The molecule has 5 heteroatoms. The summed E-state index contributed by atoms with van der Waals surface area (Å²) >= 11 is 7.37. The molecule has 0 spiro atoms. The number of rotatable bonds is 5. The minimum atomic E-state index is 0.256. The Morgan fingerprint density at radius 3 is 2.74 bits per heavy atom. The van der Waals surface area contributed by atoms with Crippen molar-refractivity contribution < 1.29 is 9.84 Å². The van der Waals surface area contributed by atoms with Gasteiger partial charge in [0, 0.05) is 21.3 Å². The lowest BCUT2D eigenvalue weighted by atomic mass is 10.2. The third-order valence-electron chi connectivity index (χ3n) is 3.37. The number of halogens is 1. The number of aliphatic imine (C=N–C) groups is 1. The quantitative estimate of drug-likeness (QED) is 0.639. The summed E-state index contributed by atoms with van der Waals surface area (Å²) in [6.07, 6.45) is 1.72. The minimum absolute atomic E-state index is 0.256. The molecule has 0 saturated carbocycles. The Bertz CT molecular complexity index is 840. The van der Waals surface area contributed by atoms with Crippen molar-refractivity contribution >= 4 is 39.2 Å². The smallest absolute Gasteiger partial charge is 0.143 e. The second kappa shape index (κ2) is 7.02. The molecule has 1 heterocycles. The van der Waals surface area contributed by atoms with Gasteiger partial charge in [0.1, 0.15) is 11.5 Å². The Morgan fingerprint density at radius 1 is 1.22 bits per heavy atom. The van der Waals surface area contributed by atoms with Crippen LogP contribution in [0.5, 0.6) is 11.5 Å². The van der Waals surface area contributed by atoms with Crippen LogP contribution in [0.15, 0.2) is 47.5 Å². The van der Waals surface area contributed by atoms with Crippen LogP contribution in [0.1, 0.15) is 17.4 Å². The molecule has 23 heavy (non-hydrogen) atoms. The van der Waals surface area contributed by atoms with Crippen molar-refractivity contribution in [2.75, 3.05) is 6.61 Å². The second-order valence-corrected chi connectivity index (χ2v) is 6.52. The molecule has 2 aromatic carbocycles. The van der Waals surface area contributed by atoms with E-state index in [9.17, 15) is 5.11 Å². The molecule has 0 aliphatic carbocycles. The summed E-state index contributed by atoms with van der Waals surface area (Å²) in [5, 5.41) is 11.9. The van der Waals surface area contributed by atoms with E-state index in [-0.39, 0.29) is 5.75 Å². The number of nitrogens with zero attached hydrogens (tertiary/aromatic N) is 1. The SMILES string of the molecule is CCOc1ccc2sc(C=NCc3ccc(Cl)cc3)c(O)c2c1. The highest BCUT2D eigenvalue weighted by molar-refractivity contribution is 7.21. The maximum Gasteiger partial charge on any atom is 0.143 e. The minimum Gasteiger partial charge on any atom is -0.506 e. The molecule has 118 valence electrons. The van der Waals surface area contributed by atoms with Crippen LogP contribution in [0.25, 0.3) is 10.1 Å². The Labute approximate surface area is 143 Å². The van der Waals surface area contributed by atoms with E-state index in [0.717, 1.165) is 26.3 Å². The monoisotopic (exact) mass is 345 g/mol. The zero-order chi connectivity index (χ0) is 16.2. The Balaban J connectivity index is 1.80. The number of thiophene rings is 1. The van der Waals surface area contributed by atoms with Crippen molar-refractivity contribution in [2.24, 2.45) is 4.99 Å². The summed E-state index contributed by atoms with van der Waals surface area (Å²) in [6, 6.07) is 13.3. The third kappa shape index (κ3) is 3.66. The predicted octanol–water partition coefficient (Wildman–Crippen LogP) is 5.28. The van der Waals surface area contributed by atoms with Gasteiger partial charge in [-0.3, -0.25) is 4.99 Å². The van der Waals surface area contributed by atoms with Crippen LogP contribution in [-0.2, 0) is 6.54 Å². The molecule has 0 aliphatic rings. The zero-order valence-corrected chi connectivity index (χ0v) is 14.2. The molecule has 0 radical (unpaired) electrons. The van der Waals surface area contributed by atoms with E-state index in [1.54, 1.807) is 6.21 Å². The maximum atomic E-state index is 10.4. The van der Waals surface area contributed by atoms with Gasteiger partial charge in [-0.25, -0.2) is 0 Å². The fourth-order valence-corrected chi connectivity index (χ4v) is 3.35. The van der Waals surface area contributed by atoms with Crippen molar-refractivity contribution in [3.8, 4) is 11.5 Å². The Morgan fingerprint density at radius 2 is 2.00 bits per heavy atom. The van der Waals surface area contributed by atoms with Gasteiger partial charge in [0.2, 0.25) is 0 Å². The van der Waals surface area contributed by atoms with Crippen molar-refractivity contribution in [1.82, 2.24) is 0 Å². The highest BCUT2D eigenvalue weighted by Crippen LogP contribution is 2.37. The van der Waals surface area contributed by atoms with Crippen LogP contribution in [0, 0.1) is 0 Å². The Hall–Kier alpha value is -2.04. The number of fused-ring (bicyclic) bond motifs is 1. The summed E-state index contributed by atoms with van der Waals surface area (Å²) in [5.41, 5.74) is 1.07. The fourth-order valence-electron chi connectivity index (χ4n) is 2.25. The summed E-state index contributed by atoms with van der Waals surface area (Å²) in [6.45, 7) is 3.09. The van der Waals surface area contributed by atoms with Crippen molar-refractivity contribution in [2.45, 2.75) is 13.5 Å². The lowest BCUT2D eigenvalue weighted by molar-refractivity contribution is 0.340. The summed E-state index contributed by atoms with van der Waals surface area (Å²) in [4.78, 5) is 5.16. The molecule has 1 aromatic heterocycles. The van der Waals surface area contributed by atoms with Crippen LogP contribution in [0.3, 0.4) is 0 Å². The summed E-state index contributed by atoms with van der Waals surface area (Å²) in [5.74, 6) is 1.02. The predicted molar refractivity (Wildman–Crippen MR) is 97.4 cm³/mol. The fraction of sp³-hybridized carbons (Fsp3) is 0.167. The molecule has 1 N–H and O–H groups in total. The average Bonchev–Trinajstić information content (AvgIpc) is 2.86. The molecule has 0 atom stereocenters. The van der Waals surface area contributed by atoms with E-state index in [4.69, 9.17) is 16.3 Å². The van der Waals surface area contributed by atoms with E-state index in [2.05, 4.69) is 4.99 Å². The largest absolute Gasteiger partial charge is 0.506 e. The maximum absolute atomic E-state index is 10.4. The van der Waals surface area contributed by atoms with Crippen LogP contribution in [0.2, 0.25) is 5.02 Å². The van der Waals surface area contributed by atoms with E-state index in [0.29, 0.717) is 18.2 Å². The molecule has 3 rings (SSSR count). The lowest BCUT2D eigenvalue weighted by Crippen LogP contribution is -1.89. The molecule has 3 aromatic rings. The zero-order valence-electron chi connectivity index (χ0n) is 12.6. The molecule has 0 amide bonds. The van der Waals surface area contributed by atoms with E-state index in [1.165, 1.54) is 11.3 Å².